The van der Waals surface area contributed by atoms with Crippen LogP contribution >= 0.6 is 0 Å². The van der Waals surface area contributed by atoms with Crippen molar-refractivity contribution in [2.24, 2.45) is 14.1 Å². The zero-order chi connectivity index (χ0) is 25.8. The largest absolute Gasteiger partial charge is 0.504 e. The molecule has 5 aromatic rings. The molecule has 186 valence electrons. The lowest BCUT2D eigenvalue weighted by Gasteiger charge is -2.31. The number of fused-ring (bicyclic) bond motifs is 5. The van der Waals surface area contributed by atoms with Gasteiger partial charge >= 0.3 is 5.69 Å². The highest BCUT2D eigenvalue weighted by Gasteiger charge is 2.36. The minimum Gasteiger partial charge on any atom is -0.504 e. The van der Waals surface area contributed by atoms with Gasteiger partial charge in [0, 0.05) is 19.7 Å². The van der Waals surface area contributed by atoms with E-state index >= 15 is 0 Å². The van der Waals surface area contributed by atoms with Crippen molar-refractivity contribution in [1.29, 1.82) is 0 Å². The Balaban J connectivity index is 1.83. The van der Waals surface area contributed by atoms with Crippen LogP contribution in [0.25, 0.3) is 27.8 Å². The van der Waals surface area contributed by atoms with Crippen molar-refractivity contribution in [2.75, 3.05) is 11.9 Å². The van der Waals surface area contributed by atoms with Crippen molar-refractivity contribution in [3.05, 3.63) is 105 Å². The van der Waals surface area contributed by atoms with Crippen LogP contribution in [0, 0.1) is 0 Å². The molecule has 6 rings (SSSR count). The van der Waals surface area contributed by atoms with Gasteiger partial charge in [-0.15, -0.1) is 0 Å². The average molecular weight is 495 g/mol. The summed E-state index contributed by atoms with van der Waals surface area (Å²) in [6.45, 7) is 2.26. The molecule has 1 aliphatic heterocycles. The lowest BCUT2D eigenvalue weighted by atomic mass is 9.98. The number of phenols is 1. The van der Waals surface area contributed by atoms with Gasteiger partial charge in [-0.05, 0) is 30.7 Å². The Morgan fingerprint density at radius 3 is 2.41 bits per heavy atom. The van der Waals surface area contributed by atoms with Gasteiger partial charge in [-0.1, -0.05) is 54.6 Å². The third-order valence-electron chi connectivity index (χ3n) is 7.02. The van der Waals surface area contributed by atoms with Gasteiger partial charge in [0.15, 0.2) is 11.5 Å². The third kappa shape index (κ3) is 3.22. The first kappa shape index (κ1) is 22.7. The predicted molar refractivity (Wildman–Crippen MR) is 144 cm³/mol. The molecule has 0 amide bonds. The van der Waals surface area contributed by atoms with E-state index in [4.69, 9.17) is 4.74 Å². The first-order valence-corrected chi connectivity index (χ1v) is 12.1. The fourth-order valence-corrected chi connectivity index (χ4v) is 5.37. The number of nitrogens with one attached hydrogen (secondary N) is 1. The molecule has 3 aromatic carbocycles. The molecular formula is C29H26N4O4. The van der Waals surface area contributed by atoms with Gasteiger partial charge in [0.1, 0.15) is 0 Å². The van der Waals surface area contributed by atoms with Crippen LogP contribution in [0.3, 0.4) is 0 Å². The zero-order valence-corrected chi connectivity index (χ0v) is 20.7. The SMILES string of the molecule is CCOc1cccc(C2Nc3ccccc3-n3c(-c4ccccc4)c4c(=O)n(C)c(=O)n(C)c4c32)c1O. The van der Waals surface area contributed by atoms with Gasteiger partial charge in [0.05, 0.1) is 46.3 Å². The highest BCUT2D eigenvalue weighted by Crippen LogP contribution is 2.47. The topological polar surface area (TPSA) is 90.4 Å². The monoisotopic (exact) mass is 494 g/mol. The fourth-order valence-electron chi connectivity index (χ4n) is 5.37. The van der Waals surface area contributed by atoms with E-state index in [0.717, 1.165) is 21.5 Å². The number of hydrogen-bond acceptors (Lipinski definition) is 5. The van der Waals surface area contributed by atoms with Gasteiger partial charge in [0.2, 0.25) is 0 Å². The second kappa shape index (κ2) is 8.44. The van der Waals surface area contributed by atoms with Crippen LogP contribution in [0.5, 0.6) is 11.5 Å². The normalized spacial score (nSPS) is 14.2. The fraction of sp³-hybridized carbons (Fsp3) is 0.172. The number of para-hydroxylation sites is 3. The molecule has 1 atom stereocenters. The van der Waals surface area contributed by atoms with Crippen LogP contribution in [0.1, 0.15) is 24.2 Å². The van der Waals surface area contributed by atoms with E-state index in [1.807, 2.05) is 78.2 Å². The van der Waals surface area contributed by atoms with E-state index in [1.165, 1.54) is 11.6 Å². The molecule has 0 radical (unpaired) electrons. The summed E-state index contributed by atoms with van der Waals surface area (Å²) in [5.41, 5.74) is 4.21. The Morgan fingerprint density at radius 2 is 1.65 bits per heavy atom. The molecule has 0 saturated heterocycles. The van der Waals surface area contributed by atoms with Gasteiger partial charge in [-0.2, -0.15) is 0 Å². The highest BCUT2D eigenvalue weighted by molar-refractivity contribution is 5.99. The molecule has 2 aromatic heterocycles. The number of aryl methyl sites for hydroxylation is 1. The summed E-state index contributed by atoms with van der Waals surface area (Å²) >= 11 is 0. The van der Waals surface area contributed by atoms with Crippen molar-refractivity contribution in [2.45, 2.75) is 13.0 Å². The van der Waals surface area contributed by atoms with Crippen LogP contribution in [-0.4, -0.2) is 25.4 Å². The molecule has 0 aliphatic carbocycles. The summed E-state index contributed by atoms with van der Waals surface area (Å²) in [6, 6.07) is 22.3. The maximum Gasteiger partial charge on any atom is 0.331 e. The molecule has 0 saturated carbocycles. The van der Waals surface area contributed by atoms with E-state index in [-0.39, 0.29) is 11.3 Å². The van der Waals surface area contributed by atoms with Gasteiger partial charge < -0.3 is 19.7 Å². The smallest absolute Gasteiger partial charge is 0.331 e. The average Bonchev–Trinajstić information content (AvgIpc) is 3.29. The van der Waals surface area contributed by atoms with Crippen molar-refractivity contribution in [1.82, 2.24) is 13.7 Å². The molecule has 1 unspecified atom stereocenters. The minimum absolute atomic E-state index is 0.0113. The number of rotatable bonds is 4. The van der Waals surface area contributed by atoms with Crippen molar-refractivity contribution < 1.29 is 9.84 Å². The van der Waals surface area contributed by atoms with Crippen LogP contribution < -0.4 is 21.3 Å². The number of anilines is 1. The summed E-state index contributed by atoms with van der Waals surface area (Å²) in [5.74, 6) is 0.383. The number of aromatic nitrogens is 3. The van der Waals surface area contributed by atoms with E-state index in [9.17, 15) is 14.7 Å². The number of ether oxygens (including phenoxy) is 1. The molecule has 2 N–H and O–H groups in total. The summed E-state index contributed by atoms with van der Waals surface area (Å²) in [7, 11) is 3.17. The van der Waals surface area contributed by atoms with Crippen molar-refractivity contribution in [3.63, 3.8) is 0 Å². The van der Waals surface area contributed by atoms with E-state index in [0.29, 0.717) is 40.2 Å². The van der Waals surface area contributed by atoms with E-state index in [2.05, 4.69) is 5.32 Å². The Kier molecular flexibility index (Phi) is 5.19. The lowest BCUT2D eigenvalue weighted by Crippen LogP contribution is -2.37. The van der Waals surface area contributed by atoms with Gasteiger partial charge in [-0.25, -0.2) is 4.79 Å². The molecule has 3 heterocycles. The van der Waals surface area contributed by atoms with Crippen molar-refractivity contribution in [3.8, 4) is 28.4 Å². The van der Waals surface area contributed by atoms with Crippen LogP contribution in [0.15, 0.2) is 82.4 Å². The predicted octanol–water partition coefficient (Wildman–Crippen LogP) is 4.31. The summed E-state index contributed by atoms with van der Waals surface area (Å²) in [5, 5.41) is 15.3. The number of aromatic hydroxyl groups is 1. The summed E-state index contributed by atoms with van der Waals surface area (Å²) in [6.07, 6.45) is 0. The third-order valence-corrected chi connectivity index (χ3v) is 7.02. The van der Waals surface area contributed by atoms with E-state index < -0.39 is 11.7 Å². The quantitative estimate of drug-likeness (QED) is 0.389. The minimum atomic E-state index is -0.576. The van der Waals surface area contributed by atoms with E-state index in [1.54, 1.807) is 13.1 Å². The second-order valence-corrected chi connectivity index (χ2v) is 9.09. The van der Waals surface area contributed by atoms with Crippen LogP contribution in [0.2, 0.25) is 0 Å². The number of benzene rings is 3. The molecule has 0 bridgehead atoms. The molecule has 8 heteroatoms. The molecule has 37 heavy (non-hydrogen) atoms. The number of hydrogen-bond donors (Lipinski definition) is 2. The number of phenolic OH excluding ortho intramolecular Hbond substituents is 1. The first-order valence-electron chi connectivity index (χ1n) is 12.1. The molecule has 0 spiro atoms. The number of nitrogens with zero attached hydrogens (tertiary/aromatic N) is 3. The molecule has 1 aliphatic rings. The Bertz CT molecular complexity index is 1800. The van der Waals surface area contributed by atoms with Crippen molar-refractivity contribution >= 4 is 16.6 Å². The molecular weight excluding hydrogens is 468 g/mol. The maximum absolute atomic E-state index is 13.7. The standard InChI is InChI=1S/C29H26N4O4/c1-4-37-21-16-10-13-18(27(21)34)23-26-25-22(28(35)32(3)29(36)31(25)2)24(17-11-6-5-7-12-17)33(26)20-15-9-8-14-19(20)30-23/h5-16,23,30,34H,4H2,1-3H3. The van der Waals surface area contributed by atoms with Crippen LogP contribution in [-0.2, 0) is 14.1 Å². The molecule has 8 nitrogen and oxygen atoms in total. The lowest BCUT2D eigenvalue weighted by molar-refractivity contribution is 0.316. The first-order chi connectivity index (χ1) is 17.9. The summed E-state index contributed by atoms with van der Waals surface area (Å²) in [4.78, 5) is 26.9. The van der Waals surface area contributed by atoms with Gasteiger partial charge in [-0.3, -0.25) is 13.9 Å². The van der Waals surface area contributed by atoms with Gasteiger partial charge in [0.25, 0.3) is 5.56 Å². The Hall–Kier alpha value is -4.72. The summed E-state index contributed by atoms with van der Waals surface area (Å²) < 4.78 is 10.4. The molecule has 0 fully saturated rings. The zero-order valence-electron chi connectivity index (χ0n) is 20.7. The second-order valence-electron chi connectivity index (χ2n) is 9.09. The Labute approximate surface area is 212 Å². The maximum atomic E-state index is 13.7. The van der Waals surface area contributed by atoms with Crippen LogP contribution in [0.4, 0.5) is 5.69 Å². The Morgan fingerprint density at radius 1 is 0.919 bits per heavy atom. The highest BCUT2D eigenvalue weighted by atomic mass is 16.5.